The van der Waals surface area contributed by atoms with E-state index >= 15 is 0 Å². The maximum atomic E-state index is 11.9. The van der Waals surface area contributed by atoms with Crippen LogP contribution in [0, 0.1) is 0 Å². The number of aryl methyl sites for hydroxylation is 1. The zero-order valence-electron chi connectivity index (χ0n) is 12.3. The number of hydrogen-bond donors (Lipinski definition) is 0. The molecule has 0 aliphatic heterocycles. The van der Waals surface area contributed by atoms with Crippen molar-refractivity contribution in [1.29, 1.82) is 0 Å². The van der Waals surface area contributed by atoms with Gasteiger partial charge in [-0.3, -0.25) is 0 Å². The first kappa shape index (κ1) is 15.8. The predicted molar refractivity (Wildman–Crippen MR) is 81.7 cm³/mol. The summed E-state index contributed by atoms with van der Waals surface area (Å²) < 4.78 is 11.9. The summed E-state index contributed by atoms with van der Waals surface area (Å²) in [4.78, 5) is 16.4. The van der Waals surface area contributed by atoms with Gasteiger partial charge in [0.15, 0.2) is 0 Å². The molecule has 2 aromatic rings. The van der Waals surface area contributed by atoms with Gasteiger partial charge < -0.3 is 14.0 Å². The summed E-state index contributed by atoms with van der Waals surface area (Å²) in [5.41, 5.74) is 2.07. The number of methoxy groups -OCH3 is 2. The summed E-state index contributed by atoms with van der Waals surface area (Å²) in [7, 11) is 3.06. The highest BCUT2D eigenvalue weighted by atomic mass is 35.5. The highest BCUT2D eigenvalue weighted by Gasteiger charge is 2.17. The summed E-state index contributed by atoms with van der Waals surface area (Å²) in [6.07, 6.45) is 1.87. The molecule has 0 atom stereocenters. The number of para-hydroxylation sites is 1. The molecule has 0 fully saturated rings. The number of alkyl halides is 1. The van der Waals surface area contributed by atoms with Crippen LogP contribution in [-0.4, -0.2) is 36.3 Å². The van der Waals surface area contributed by atoms with Crippen molar-refractivity contribution in [2.75, 3.05) is 20.8 Å². The first-order valence-corrected chi connectivity index (χ1v) is 7.37. The summed E-state index contributed by atoms with van der Waals surface area (Å²) in [6, 6.07) is 5.43. The fourth-order valence-corrected chi connectivity index (χ4v) is 2.57. The maximum Gasteiger partial charge on any atom is 0.340 e. The van der Waals surface area contributed by atoms with E-state index < -0.39 is 0 Å². The fourth-order valence-electron chi connectivity index (χ4n) is 2.37. The number of carbonyl (C=O) groups is 1. The summed E-state index contributed by atoms with van der Waals surface area (Å²) >= 11 is 5.99. The lowest BCUT2D eigenvalue weighted by atomic mass is 10.2. The zero-order valence-corrected chi connectivity index (χ0v) is 13.0. The van der Waals surface area contributed by atoms with Gasteiger partial charge in [-0.2, -0.15) is 0 Å². The largest absolute Gasteiger partial charge is 0.465 e. The molecule has 114 valence electrons. The van der Waals surface area contributed by atoms with Gasteiger partial charge in [-0.25, -0.2) is 9.78 Å². The van der Waals surface area contributed by atoms with Gasteiger partial charge in [0.25, 0.3) is 0 Å². The van der Waals surface area contributed by atoms with Crippen molar-refractivity contribution in [2.24, 2.45) is 0 Å². The van der Waals surface area contributed by atoms with Crippen LogP contribution < -0.4 is 0 Å². The number of esters is 1. The Balaban J connectivity index is 2.42. The smallest absolute Gasteiger partial charge is 0.340 e. The second kappa shape index (κ2) is 7.43. The van der Waals surface area contributed by atoms with E-state index in [2.05, 4.69) is 4.98 Å². The molecule has 0 saturated heterocycles. The molecule has 0 unspecified atom stereocenters. The molecule has 1 aromatic heterocycles. The number of ether oxygens (including phenoxy) is 2. The van der Waals surface area contributed by atoms with Crippen LogP contribution in [0.3, 0.4) is 0 Å². The van der Waals surface area contributed by atoms with Gasteiger partial charge in [0.1, 0.15) is 5.82 Å². The third-order valence-electron chi connectivity index (χ3n) is 3.35. The number of aromatic nitrogens is 2. The van der Waals surface area contributed by atoms with E-state index in [4.69, 9.17) is 21.1 Å². The Hall–Kier alpha value is -1.59. The molecule has 6 heteroatoms. The van der Waals surface area contributed by atoms with Crippen molar-refractivity contribution in [3.63, 3.8) is 0 Å². The molecule has 5 nitrogen and oxygen atoms in total. The third-order valence-corrected chi connectivity index (χ3v) is 3.59. The summed E-state index contributed by atoms with van der Waals surface area (Å²) in [6.45, 7) is 1.46. The molecule has 2 rings (SSSR count). The first-order valence-electron chi connectivity index (χ1n) is 6.84. The molecule has 0 amide bonds. The van der Waals surface area contributed by atoms with Gasteiger partial charge in [-0.15, -0.1) is 11.6 Å². The number of nitrogens with zero attached hydrogens (tertiary/aromatic N) is 2. The molecule has 1 heterocycles. The Morgan fingerprint density at radius 3 is 2.81 bits per heavy atom. The Morgan fingerprint density at radius 1 is 1.33 bits per heavy atom. The van der Waals surface area contributed by atoms with Gasteiger partial charge in [-0.1, -0.05) is 6.07 Å². The second-order valence-corrected chi connectivity index (χ2v) is 4.95. The van der Waals surface area contributed by atoms with E-state index in [0.717, 1.165) is 36.2 Å². The molecule has 0 saturated carbocycles. The van der Waals surface area contributed by atoms with Gasteiger partial charge >= 0.3 is 5.97 Å². The molecule has 1 aromatic carbocycles. The zero-order chi connectivity index (χ0) is 15.2. The number of fused-ring (bicyclic) bond motifs is 1. The second-order valence-electron chi connectivity index (χ2n) is 4.68. The fraction of sp³-hybridized carbons (Fsp3) is 0.467. The standard InChI is InChI=1S/C15H19ClN2O3/c1-20-9-4-3-8-18-13(10-16)17-12-7-5-6-11(14(12)18)15(19)21-2/h5-7H,3-4,8-10H2,1-2H3. The van der Waals surface area contributed by atoms with Crippen LogP contribution in [0.25, 0.3) is 11.0 Å². The Bertz CT molecular complexity index is 625. The van der Waals surface area contributed by atoms with Crippen LogP contribution in [-0.2, 0) is 21.9 Å². The highest BCUT2D eigenvalue weighted by Crippen LogP contribution is 2.23. The van der Waals surface area contributed by atoms with E-state index in [9.17, 15) is 4.79 Å². The van der Waals surface area contributed by atoms with Crippen LogP contribution in [0.4, 0.5) is 0 Å². The average molecular weight is 311 g/mol. The van der Waals surface area contributed by atoms with E-state index in [1.165, 1.54) is 7.11 Å². The van der Waals surface area contributed by atoms with Gasteiger partial charge in [0.2, 0.25) is 0 Å². The Morgan fingerprint density at radius 2 is 2.14 bits per heavy atom. The Labute approximate surface area is 128 Å². The third kappa shape index (κ3) is 3.36. The molecular formula is C15H19ClN2O3. The quantitative estimate of drug-likeness (QED) is 0.448. The van der Waals surface area contributed by atoms with E-state index in [1.807, 2.05) is 10.6 Å². The lowest BCUT2D eigenvalue weighted by molar-refractivity contribution is 0.0602. The summed E-state index contributed by atoms with van der Waals surface area (Å²) in [5.74, 6) is 0.708. The maximum absolute atomic E-state index is 11.9. The number of halogens is 1. The minimum absolute atomic E-state index is 0.305. The van der Waals surface area contributed by atoms with E-state index in [-0.39, 0.29) is 5.97 Å². The van der Waals surface area contributed by atoms with E-state index in [0.29, 0.717) is 18.1 Å². The van der Waals surface area contributed by atoms with Crippen LogP contribution in [0.5, 0.6) is 0 Å². The van der Waals surface area contributed by atoms with Crippen molar-refractivity contribution in [3.8, 4) is 0 Å². The number of unbranched alkanes of at least 4 members (excludes halogenated alkanes) is 1. The average Bonchev–Trinajstić information content (AvgIpc) is 2.88. The van der Waals surface area contributed by atoms with Crippen molar-refractivity contribution in [3.05, 3.63) is 29.6 Å². The number of benzene rings is 1. The first-order chi connectivity index (χ1) is 10.2. The van der Waals surface area contributed by atoms with E-state index in [1.54, 1.807) is 19.2 Å². The molecule has 21 heavy (non-hydrogen) atoms. The van der Waals surface area contributed by atoms with Crippen molar-refractivity contribution < 1.29 is 14.3 Å². The van der Waals surface area contributed by atoms with Crippen molar-refractivity contribution >= 4 is 28.6 Å². The molecule has 0 aliphatic rings. The monoisotopic (exact) mass is 310 g/mol. The molecule has 0 aliphatic carbocycles. The van der Waals surface area contributed by atoms with Crippen molar-refractivity contribution in [1.82, 2.24) is 9.55 Å². The number of imidazole rings is 1. The lowest BCUT2D eigenvalue weighted by Gasteiger charge is -2.10. The summed E-state index contributed by atoms with van der Waals surface area (Å²) in [5, 5.41) is 0. The van der Waals surface area contributed by atoms with Gasteiger partial charge in [-0.05, 0) is 25.0 Å². The molecule has 0 radical (unpaired) electrons. The molecule has 0 bridgehead atoms. The lowest BCUT2D eigenvalue weighted by Crippen LogP contribution is -2.08. The SMILES string of the molecule is COCCCCn1c(CCl)nc2cccc(C(=O)OC)c21. The van der Waals surface area contributed by atoms with Crippen LogP contribution in [0.1, 0.15) is 29.0 Å². The predicted octanol–water partition coefficient (Wildman–Crippen LogP) is 2.99. The normalized spacial score (nSPS) is 11.0. The molecular weight excluding hydrogens is 292 g/mol. The van der Waals surface area contributed by atoms with Crippen LogP contribution >= 0.6 is 11.6 Å². The number of hydrogen-bond acceptors (Lipinski definition) is 4. The Kier molecular flexibility index (Phi) is 5.59. The number of carbonyl (C=O) groups excluding carboxylic acids is 1. The minimum Gasteiger partial charge on any atom is -0.465 e. The van der Waals surface area contributed by atoms with Gasteiger partial charge in [0.05, 0.1) is 29.6 Å². The van der Waals surface area contributed by atoms with Crippen molar-refractivity contribution in [2.45, 2.75) is 25.3 Å². The molecule has 0 spiro atoms. The number of rotatable bonds is 7. The molecule has 0 N–H and O–H groups in total. The van der Waals surface area contributed by atoms with Crippen LogP contribution in [0.15, 0.2) is 18.2 Å². The van der Waals surface area contributed by atoms with Crippen LogP contribution in [0.2, 0.25) is 0 Å². The van der Waals surface area contributed by atoms with Gasteiger partial charge in [0, 0.05) is 20.3 Å². The minimum atomic E-state index is -0.361. The highest BCUT2D eigenvalue weighted by molar-refractivity contribution is 6.17. The topological polar surface area (TPSA) is 53.4 Å².